The Morgan fingerprint density at radius 1 is 1.38 bits per heavy atom. The molecule has 5 heteroatoms. The molecule has 0 spiro atoms. The quantitative estimate of drug-likeness (QED) is 0.940. The van der Waals surface area contributed by atoms with Gasteiger partial charge >= 0.3 is 5.97 Å². The van der Waals surface area contributed by atoms with E-state index in [4.69, 9.17) is 9.52 Å². The molecular formula is C16H16FNO3. The molecule has 1 aromatic heterocycles. The first kappa shape index (κ1) is 13.8. The Labute approximate surface area is 121 Å². The van der Waals surface area contributed by atoms with Gasteiger partial charge in [-0.05, 0) is 30.7 Å². The minimum absolute atomic E-state index is 0.252. The summed E-state index contributed by atoms with van der Waals surface area (Å²) in [4.78, 5) is 12.8. The van der Waals surface area contributed by atoms with Crippen molar-refractivity contribution in [1.82, 2.24) is 4.90 Å². The molecule has 1 N–H and O–H groups in total. The number of rotatable bonds is 4. The van der Waals surface area contributed by atoms with Gasteiger partial charge in [-0.2, -0.15) is 0 Å². The van der Waals surface area contributed by atoms with Crippen LogP contribution < -0.4 is 0 Å². The molecule has 0 atom stereocenters. The van der Waals surface area contributed by atoms with Crippen molar-refractivity contribution in [3.63, 3.8) is 0 Å². The van der Waals surface area contributed by atoms with E-state index in [0.717, 1.165) is 11.3 Å². The van der Waals surface area contributed by atoms with Gasteiger partial charge < -0.3 is 9.52 Å². The molecule has 0 aliphatic carbocycles. The number of aliphatic carboxylic acids is 1. The van der Waals surface area contributed by atoms with Gasteiger partial charge in [-0.25, -0.2) is 4.39 Å². The van der Waals surface area contributed by atoms with E-state index in [1.54, 1.807) is 13.0 Å². The fraction of sp³-hybridized carbons (Fsp3) is 0.312. The van der Waals surface area contributed by atoms with Crippen LogP contribution in [0.15, 0.2) is 34.7 Å². The Hall–Kier alpha value is -2.14. The summed E-state index contributed by atoms with van der Waals surface area (Å²) in [7, 11) is 0. The van der Waals surface area contributed by atoms with Crippen LogP contribution in [0.4, 0.5) is 4.39 Å². The Morgan fingerprint density at radius 3 is 2.86 bits per heavy atom. The molecule has 2 heterocycles. The highest BCUT2D eigenvalue weighted by atomic mass is 19.1. The van der Waals surface area contributed by atoms with Crippen LogP contribution in [0.2, 0.25) is 0 Å². The van der Waals surface area contributed by atoms with Crippen LogP contribution >= 0.6 is 0 Å². The van der Waals surface area contributed by atoms with E-state index in [1.807, 2.05) is 23.1 Å². The second-order valence-electron chi connectivity index (χ2n) is 5.41. The monoisotopic (exact) mass is 289 g/mol. The zero-order valence-electron chi connectivity index (χ0n) is 11.7. The van der Waals surface area contributed by atoms with Gasteiger partial charge in [-0.1, -0.05) is 12.1 Å². The summed E-state index contributed by atoms with van der Waals surface area (Å²) in [5.41, 5.74) is 1.31. The SMILES string of the molecule is Cc1c(F)cccc1-c1ccc(CN2CC(C(=O)O)C2)o1. The summed E-state index contributed by atoms with van der Waals surface area (Å²) in [5, 5.41) is 8.84. The molecule has 21 heavy (non-hydrogen) atoms. The third kappa shape index (κ3) is 2.69. The minimum Gasteiger partial charge on any atom is -0.481 e. The highest BCUT2D eigenvalue weighted by Crippen LogP contribution is 2.28. The fourth-order valence-electron chi connectivity index (χ4n) is 2.56. The lowest BCUT2D eigenvalue weighted by atomic mass is 10.0. The van der Waals surface area contributed by atoms with Crippen molar-refractivity contribution in [1.29, 1.82) is 0 Å². The number of hydrogen-bond donors (Lipinski definition) is 1. The van der Waals surface area contributed by atoms with Gasteiger partial charge in [-0.3, -0.25) is 9.69 Å². The van der Waals surface area contributed by atoms with Gasteiger partial charge in [0, 0.05) is 18.7 Å². The molecule has 0 radical (unpaired) electrons. The molecule has 1 aromatic carbocycles. The first-order valence-corrected chi connectivity index (χ1v) is 6.84. The number of carboxylic acid groups (broad SMARTS) is 1. The van der Waals surface area contributed by atoms with Crippen molar-refractivity contribution in [3.8, 4) is 11.3 Å². The number of likely N-dealkylation sites (tertiary alicyclic amines) is 1. The van der Waals surface area contributed by atoms with Gasteiger partial charge in [0.1, 0.15) is 17.3 Å². The third-order valence-corrected chi connectivity index (χ3v) is 3.88. The van der Waals surface area contributed by atoms with Crippen molar-refractivity contribution in [2.24, 2.45) is 5.92 Å². The predicted octanol–water partition coefficient (Wildman–Crippen LogP) is 2.91. The standard InChI is InChI=1S/C16H16FNO3/c1-10-13(3-2-4-14(10)17)15-6-5-12(21-15)9-18-7-11(8-18)16(19)20/h2-6,11H,7-9H2,1H3,(H,19,20). The second-order valence-corrected chi connectivity index (χ2v) is 5.41. The first-order valence-electron chi connectivity index (χ1n) is 6.84. The molecular weight excluding hydrogens is 273 g/mol. The smallest absolute Gasteiger partial charge is 0.309 e. The summed E-state index contributed by atoms with van der Waals surface area (Å²) in [6, 6.07) is 8.59. The highest BCUT2D eigenvalue weighted by Gasteiger charge is 2.32. The Bertz CT molecular complexity index is 674. The normalized spacial score (nSPS) is 15.9. The Kier molecular flexibility index (Phi) is 3.51. The number of halogens is 1. The maximum atomic E-state index is 13.6. The maximum Gasteiger partial charge on any atom is 0.309 e. The summed E-state index contributed by atoms with van der Waals surface area (Å²) < 4.78 is 19.3. The average molecular weight is 289 g/mol. The molecule has 3 rings (SSSR count). The molecule has 0 unspecified atom stereocenters. The summed E-state index contributed by atoms with van der Waals surface area (Å²) >= 11 is 0. The minimum atomic E-state index is -0.748. The van der Waals surface area contributed by atoms with Crippen molar-refractivity contribution in [2.75, 3.05) is 13.1 Å². The van der Waals surface area contributed by atoms with E-state index in [9.17, 15) is 9.18 Å². The number of carboxylic acids is 1. The topological polar surface area (TPSA) is 53.7 Å². The first-order chi connectivity index (χ1) is 10.0. The van der Waals surface area contributed by atoms with E-state index in [2.05, 4.69) is 0 Å². The lowest BCUT2D eigenvalue weighted by Crippen LogP contribution is -2.49. The average Bonchev–Trinajstić information content (AvgIpc) is 2.84. The van der Waals surface area contributed by atoms with E-state index in [0.29, 0.717) is 31.0 Å². The van der Waals surface area contributed by atoms with Crippen LogP contribution in [0.5, 0.6) is 0 Å². The van der Waals surface area contributed by atoms with E-state index in [1.165, 1.54) is 6.07 Å². The molecule has 0 saturated carbocycles. The molecule has 1 fully saturated rings. The largest absolute Gasteiger partial charge is 0.481 e. The van der Waals surface area contributed by atoms with Gasteiger partial charge in [-0.15, -0.1) is 0 Å². The van der Waals surface area contributed by atoms with Gasteiger partial charge in [0.2, 0.25) is 0 Å². The fourth-order valence-corrected chi connectivity index (χ4v) is 2.56. The van der Waals surface area contributed by atoms with Crippen molar-refractivity contribution < 1.29 is 18.7 Å². The lowest BCUT2D eigenvalue weighted by Gasteiger charge is -2.35. The van der Waals surface area contributed by atoms with Crippen LogP contribution in [-0.4, -0.2) is 29.1 Å². The van der Waals surface area contributed by atoms with Crippen molar-refractivity contribution in [2.45, 2.75) is 13.5 Å². The maximum absolute atomic E-state index is 13.6. The van der Waals surface area contributed by atoms with Crippen LogP contribution in [0.3, 0.4) is 0 Å². The van der Waals surface area contributed by atoms with Crippen LogP contribution in [0.25, 0.3) is 11.3 Å². The summed E-state index contributed by atoms with van der Waals surface area (Å²) in [6.07, 6.45) is 0. The number of hydrogen-bond acceptors (Lipinski definition) is 3. The van der Waals surface area contributed by atoms with Crippen LogP contribution in [0, 0.1) is 18.7 Å². The van der Waals surface area contributed by atoms with E-state index >= 15 is 0 Å². The van der Waals surface area contributed by atoms with Crippen molar-refractivity contribution >= 4 is 5.97 Å². The van der Waals surface area contributed by atoms with Crippen LogP contribution in [-0.2, 0) is 11.3 Å². The molecule has 4 nitrogen and oxygen atoms in total. The summed E-state index contributed by atoms with van der Waals surface area (Å²) in [5.74, 6) is 0.124. The van der Waals surface area contributed by atoms with Crippen molar-refractivity contribution in [3.05, 3.63) is 47.5 Å². The predicted molar refractivity (Wildman–Crippen MR) is 75.2 cm³/mol. The molecule has 0 amide bonds. The van der Waals surface area contributed by atoms with Gasteiger partial charge in [0.25, 0.3) is 0 Å². The number of carbonyl (C=O) groups is 1. The zero-order valence-corrected chi connectivity index (χ0v) is 11.7. The molecule has 2 aromatic rings. The lowest BCUT2D eigenvalue weighted by molar-refractivity contribution is -0.147. The van der Waals surface area contributed by atoms with Gasteiger partial charge in [0.05, 0.1) is 12.5 Å². The van der Waals surface area contributed by atoms with Crippen LogP contribution in [0.1, 0.15) is 11.3 Å². The molecule has 1 aliphatic heterocycles. The molecule has 1 aliphatic rings. The molecule has 0 bridgehead atoms. The number of furan rings is 1. The van der Waals surface area contributed by atoms with E-state index < -0.39 is 5.97 Å². The molecule has 110 valence electrons. The number of benzene rings is 1. The number of nitrogens with zero attached hydrogens (tertiary/aromatic N) is 1. The second kappa shape index (κ2) is 5.33. The molecule has 1 saturated heterocycles. The van der Waals surface area contributed by atoms with Gasteiger partial charge in [0.15, 0.2) is 0 Å². The third-order valence-electron chi connectivity index (χ3n) is 3.88. The van der Waals surface area contributed by atoms with E-state index in [-0.39, 0.29) is 11.7 Å². The highest BCUT2D eigenvalue weighted by molar-refractivity contribution is 5.71. The summed E-state index contributed by atoms with van der Waals surface area (Å²) in [6.45, 7) is 3.40. The zero-order chi connectivity index (χ0) is 15.0. The Morgan fingerprint density at radius 2 is 2.14 bits per heavy atom. The Balaban J connectivity index is 1.70.